The van der Waals surface area contributed by atoms with Crippen molar-refractivity contribution in [2.45, 2.75) is 11.6 Å². The summed E-state index contributed by atoms with van der Waals surface area (Å²) >= 11 is 7.55. The summed E-state index contributed by atoms with van der Waals surface area (Å²) < 4.78 is 5.46. The Morgan fingerprint density at radius 2 is 1.76 bits per heavy atom. The highest BCUT2D eigenvalue weighted by atomic mass is 35.5. The summed E-state index contributed by atoms with van der Waals surface area (Å²) in [5.41, 5.74) is 2.57. The number of thioether (sulfide) groups is 1. The van der Waals surface area contributed by atoms with Gasteiger partial charge in [-0.1, -0.05) is 53.7 Å². The number of anilines is 1. The number of fused-ring (bicyclic) bond motifs is 1. The Kier molecular flexibility index (Phi) is 6.49. The number of ether oxygens (including phenoxy) is 1. The molecule has 8 heteroatoms. The highest BCUT2D eigenvalue weighted by Crippen LogP contribution is 2.29. The molecular formula is C21H21ClN4O2S. The molecule has 0 atom stereocenters. The van der Waals surface area contributed by atoms with Crippen LogP contribution in [0.3, 0.4) is 0 Å². The summed E-state index contributed by atoms with van der Waals surface area (Å²) in [4.78, 5) is 24.2. The van der Waals surface area contributed by atoms with Crippen molar-refractivity contribution < 1.29 is 9.53 Å². The van der Waals surface area contributed by atoms with Gasteiger partial charge in [-0.25, -0.2) is 9.97 Å². The number of hydrogen-bond donors (Lipinski definition) is 1. The fourth-order valence-corrected chi connectivity index (χ4v) is 4.11. The van der Waals surface area contributed by atoms with Gasteiger partial charge in [0.05, 0.1) is 30.0 Å². The summed E-state index contributed by atoms with van der Waals surface area (Å²) in [5, 5.41) is 4.33. The van der Waals surface area contributed by atoms with Crippen LogP contribution in [0.1, 0.15) is 5.56 Å². The molecule has 1 aliphatic rings. The van der Waals surface area contributed by atoms with Crippen LogP contribution in [0, 0.1) is 0 Å². The fourth-order valence-electron chi connectivity index (χ4n) is 3.07. The lowest BCUT2D eigenvalue weighted by Gasteiger charge is -2.29. The Labute approximate surface area is 178 Å². The summed E-state index contributed by atoms with van der Waals surface area (Å²) in [6.45, 7) is 3.26. The van der Waals surface area contributed by atoms with Gasteiger partial charge in [0.25, 0.3) is 0 Å². The highest BCUT2D eigenvalue weighted by Gasteiger charge is 2.19. The number of amides is 1. The maximum Gasteiger partial charge on any atom is 0.230 e. The van der Waals surface area contributed by atoms with E-state index in [4.69, 9.17) is 26.3 Å². The predicted molar refractivity (Wildman–Crippen MR) is 117 cm³/mol. The van der Waals surface area contributed by atoms with Gasteiger partial charge in [0.2, 0.25) is 5.91 Å². The molecule has 29 heavy (non-hydrogen) atoms. The monoisotopic (exact) mass is 428 g/mol. The van der Waals surface area contributed by atoms with Crippen molar-refractivity contribution in [3.05, 3.63) is 59.1 Å². The molecule has 2 heterocycles. The number of benzene rings is 2. The zero-order valence-corrected chi connectivity index (χ0v) is 17.4. The average molecular weight is 429 g/mol. The zero-order chi connectivity index (χ0) is 20.1. The van der Waals surface area contributed by atoms with Crippen molar-refractivity contribution in [3.63, 3.8) is 0 Å². The van der Waals surface area contributed by atoms with E-state index < -0.39 is 0 Å². The van der Waals surface area contributed by atoms with Gasteiger partial charge in [0, 0.05) is 24.7 Å². The van der Waals surface area contributed by atoms with E-state index in [0.717, 1.165) is 40.5 Å². The zero-order valence-electron chi connectivity index (χ0n) is 15.8. The Bertz CT molecular complexity index is 1010. The van der Waals surface area contributed by atoms with Crippen LogP contribution in [0.4, 0.5) is 5.82 Å². The fraction of sp³-hybridized carbons (Fsp3) is 0.286. The molecule has 0 saturated carbocycles. The maximum atomic E-state index is 12.4. The topological polar surface area (TPSA) is 67.4 Å². The number of nitrogens with one attached hydrogen (secondary N) is 1. The molecule has 150 valence electrons. The molecule has 1 saturated heterocycles. The molecule has 1 aromatic heterocycles. The molecule has 0 unspecified atom stereocenters. The van der Waals surface area contributed by atoms with E-state index in [1.807, 2.05) is 48.5 Å². The van der Waals surface area contributed by atoms with E-state index >= 15 is 0 Å². The molecule has 1 aliphatic heterocycles. The number of rotatable bonds is 6. The van der Waals surface area contributed by atoms with Crippen LogP contribution < -0.4 is 10.2 Å². The quantitative estimate of drug-likeness (QED) is 0.606. The molecule has 0 radical (unpaired) electrons. The van der Waals surface area contributed by atoms with Crippen LogP contribution in [-0.2, 0) is 16.1 Å². The number of nitrogens with zero attached hydrogens (tertiary/aromatic N) is 3. The van der Waals surface area contributed by atoms with Crippen molar-refractivity contribution in [3.8, 4) is 0 Å². The van der Waals surface area contributed by atoms with Gasteiger partial charge in [-0.3, -0.25) is 4.79 Å². The van der Waals surface area contributed by atoms with E-state index in [1.165, 1.54) is 11.8 Å². The minimum Gasteiger partial charge on any atom is -0.378 e. The van der Waals surface area contributed by atoms with Gasteiger partial charge < -0.3 is 15.0 Å². The van der Waals surface area contributed by atoms with Gasteiger partial charge >= 0.3 is 0 Å². The number of carbonyl (C=O) groups excluding carboxylic acids is 1. The van der Waals surface area contributed by atoms with Crippen LogP contribution in [0.15, 0.2) is 53.6 Å². The summed E-state index contributed by atoms with van der Waals surface area (Å²) in [6.07, 6.45) is 0. The number of hydrogen-bond acceptors (Lipinski definition) is 6. The second-order valence-corrected chi connectivity index (χ2v) is 7.97. The van der Waals surface area contributed by atoms with Crippen LogP contribution in [0.25, 0.3) is 11.0 Å². The molecule has 1 amide bonds. The van der Waals surface area contributed by atoms with E-state index in [-0.39, 0.29) is 11.7 Å². The first-order chi connectivity index (χ1) is 14.2. The van der Waals surface area contributed by atoms with Crippen molar-refractivity contribution in [1.29, 1.82) is 0 Å². The van der Waals surface area contributed by atoms with E-state index in [1.54, 1.807) is 0 Å². The Balaban J connectivity index is 1.47. The largest absolute Gasteiger partial charge is 0.378 e. The Hall–Kier alpha value is -2.35. The number of halogens is 1. The third-order valence-corrected chi connectivity index (χ3v) is 5.93. The molecule has 0 bridgehead atoms. The van der Waals surface area contributed by atoms with Gasteiger partial charge in [-0.15, -0.1) is 0 Å². The molecular weight excluding hydrogens is 408 g/mol. The van der Waals surface area contributed by atoms with Crippen molar-refractivity contribution >= 4 is 46.1 Å². The number of aromatic nitrogens is 2. The van der Waals surface area contributed by atoms with Crippen molar-refractivity contribution in [2.75, 3.05) is 37.0 Å². The molecule has 3 aromatic rings. The lowest BCUT2D eigenvalue weighted by atomic mass is 10.2. The standard InChI is InChI=1S/C21H21ClN4O2S/c22-16-6-2-1-5-15(16)13-23-19(27)14-29-21-20(26-9-11-28-12-10-26)24-17-7-3-4-8-18(17)25-21/h1-8H,9-14H2,(H,23,27). The first kappa shape index (κ1) is 19.9. The molecule has 4 rings (SSSR count). The molecule has 2 aromatic carbocycles. The van der Waals surface area contributed by atoms with Crippen LogP contribution >= 0.6 is 23.4 Å². The second kappa shape index (κ2) is 9.43. The van der Waals surface area contributed by atoms with Gasteiger partial charge in [0.1, 0.15) is 5.03 Å². The number of morpholine rings is 1. The normalized spacial score (nSPS) is 14.2. The van der Waals surface area contributed by atoms with E-state index in [9.17, 15) is 4.79 Å². The molecule has 1 fully saturated rings. The number of para-hydroxylation sites is 2. The molecule has 6 nitrogen and oxygen atoms in total. The minimum absolute atomic E-state index is 0.0715. The SMILES string of the molecule is O=C(CSc1nc2ccccc2nc1N1CCOCC1)NCc1ccccc1Cl. The Morgan fingerprint density at radius 1 is 1.07 bits per heavy atom. The average Bonchev–Trinajstić information content (AvgIpc) is 2.77. The van der Waals surface area contributed by atoms with Crippen molar-refractivity contribution in [2.24, 2.45) is 0 Å². The lowest BCUT2D eigenvalue weighted by Crippen LogP contribution is -2.37. The van der Waals surface area contributed by atoms with Crippen LogP contribution in [0.5, 0.6) is 0 Å². The second-order valence-electron chi connectivity index (χ2n) is 6.60. The van der Waals surface area contributed by atoms with E-state index in [0.29, 0.717) is 24.8 Å². The summed E-state index contributed by atoms with van der Waals surface area (Å²) in [7, 11) is 0. The minimum atomic E-state index is -0.0715. The van der Waals surface area contributed by atoms with Crippen molar-refractivity contribution in [1.82, 2.24) is 15.3 Å². The van der Waals surface area contributed by atoms with Gasteiger partial charge in [0.15, 0.2) is 5.82 Å². The first-order valence-electron chi connectivity index (χ1n) is 9.43. The predicted octanol–water partition coefficient (Wildman–Crippen LogP) is 3.53. The third-order valence-electron chi connectivity index (χ3n) is 4.61. The number of carbonyl (C=O) groups is 1. The highest BCUT2D eigenvalue weighted by molar-refractivity contribution is 8.00. The molecule has 1 N–H and O–H groups in total. The lowest BCUT2D eigenvalue weighted by molar-refractivity contribution is -0.118. The summed E-state index contributed by atoms with van der Waals surface area (Å²) in [5.74, 6) is 1.00. The summed E-state index contributed by atoms with van der Waals surface area (Å²) in [6, 6.07) is 15.3. The van der Waals surface area contributed by atoms with Gasteiger partial charge in [-0.05, 0) is 23.8 Å². The van der Waals surface area contributed by atoms with Gasteiger partial charge in [-0.2, -0.15) is 0 Å². The van der Waals surface area contributed by atoms with Crippen LogP contribution in [-0.4, -0.2) is 47.9 Å². The molecule has 0 aliphatic carbocycles. The first-order valence-corrected chi connectivity index (χ1v) is 10.8. The Morgan fingerprint density at radius 3 is 2.52 bits per heavy atom. The third kappa shape index (κ3) is 4.98. The smallest absolute Gasteiger partial charge is 0.230 e. The van der Waals surface area contributed by atoms with E-state index in [2.05, 4.69) is 10.2 Å². The molecule has 0 spiro atoms. The maximum absolute atomic E-state index is 12.4. The van der Waals surface area contributed by atoms with Crippen LogP contribution in [0.2, 0.25) is 5.02 Å².